The molecule has 3 aliphatic rings. The summed E-state index contributed by atoms with van der Waals surface area (Å²) in [6.07, 6.45) is 4.03. The van der Waals surface area contributed by atoms with Crippen molar-refractivity contribution in [2.75, 3.05) is 7.05 Å². The molecule has 1 aromatic rings. The molecule has 2 N–H and O–H groups in total. The van der Waals surface area contributed by atoms with Crippen molar-refractivity contribution in [2.24, 2.45) is 17.1 Å². The van der Waals surface area contributed by atoms with E-state index in [4.69, 9.17) is 17.3 Å². The van der Waals surface area contributed by atoms with E-state index < -0.39 is 11.3 Å². The molecule has 1 aliphatic carbocycles. The smallest absolute Gasteiger partial charge is 0.191 e. The highest BCUT2D eigenvalue weighted by Gasteiger charge is 2.58. The Morgan fingerprint density at radius 1 is 1.19 bits per heavy atom. The molecule has 2 aliphatic heterocycles. The highest BCUT2D eigenvalue weighted by molar-refractivity contribution is 6.31. The van der Waals surface area contributed by atoms with Crippen molar-refractivity contribution in [2.45, 2.75) is 30.8 Å². The number of likely N-dealkylation sites (N-methyl/N-ethyl adjacent to an activating group) is 1. The summed E-state index contributed by atoms with van der Waals surface area (Å²) in [5, 5.41) is 30.5. The van der Waals surface area contributed by atoms with Gasteiger partial charge in [0.25, 0.3) is 0 Å². The second-order valence-electron chi connectivity index (χ2n) is 7.46. The van der Waals surface area contributed by atoms with E-state index in [0.717, 1.165) is 24.0 Å². The number of hydrogen-bond acceptors (Lipinski definition) is 5. The Bertz CT molecular complexity index is 989. The molecular formula is C21H18ClN5. The van der Waals surface area contributed by atoms with Gasteiger partial charge in [-0.1, -0.05) is 35.9 Å². The third-order valence-corrected chi connectivity index (χ3v) is 6.81. The normalized spacial score (nSPS) is 31.3. The van der Waals surface area contributed by atoms with Crippen LogP contribution < -0.4 is 5.73 Å². The number of fused-ring (bicyclic) bond motifs is 4. The molecule has 1 aromatic carbocycles. The predicted molar refractivity (Wildman–Crippen MR) is 101 cm³/mol. The first kappa shape index (κ1) is 17.6. The van der Waals surface area contributed by atoms with Gasteiger partial charge in [-0.05, 0) is 37.1 Å². The number of hydrogen-bond donors (Lipinski definition) is 1. The minimum absolute atomic E-state index is 0.0476. The molecule has 0 radical (unpaired) electrons. The number of nitrogens with zero attached hydrogens (tertiary/aromatic N) is 4. The quantitative estimate of drug-likeness (QED) is 0.812. The number of nitriles is 3. The minimum Gasteiger partial charge on any atom is -0.399 e. The summed E-state index contributed by atoms with van der Waals surface area (Å²) >= 11 is 6.51. The molecule has 6 heteroatoms. The van der Waals surface area contributed by atoms with Crippen molar-refractivity contribution >= 4 is 11.6 Å². The first-order valence-corrected chi connectivity index (χ1v) is 9.29. The van der Waals surface area contributed by atoms with Crippen LogP contribution in [0.25, 0.3) is 0 Å². The second kappa shape index (κ2) is 6.14. The third kappa shape index (κ3) is 2.18. The standard InChI is InChI=1S/C21H18ClN5/c1-27-12-6-7-17(27)18-14(8-12)15(9-23)20(26)21(10-24,11-25)19(18)13-4-2-3-5-16(13)22/h2-5,8,12,17-19H,6-7,26H2,1H3/t12?,17-,18+,19-/m0/s1. The van der Waals surface area contributed by atoms with Crippen LogP contribution >= 0.6 is 11.6 Å². The van der Waals surface area contributed by atoms with Gasteiger partial charge >= 0.3 is 0 Å². The van der Waals surface area contributed by atoms with Crippen molar-refractivity contribution < 1.29 is 0 Å². The lowest BCUT2D eigenvalue weighted by Crippen LogP contribution is -2.51. The highest BCUT2D eigenvalue weighted by Crippen LogP contribution is 2.58. The van der Waals surface area contributed by atoms with E-state index in [1.54, 1.807) is 6.07 Å². The highest BCUT2D eigenvalue weighted by atomic mass is 35.5. The molecule has 0 amide bonds. The molecule has 134 valence electrons. The summed E-state index contributed by atoms with van der Waals surface area (Å²) < 4.78 is 0. The van der Waals surface area contributed by atoms with Gasteiger partial charge in [-0.25, -0.2) is 0 Å². The molecule has 2 bridgehead atoms. The van der Waals surface area contributed by atoms with Crippen molar-refractivity contribution in [1.82, 2.24) is 4.90 Å². The maximum Gasteiger partial charge on any atom is 0.191 e. The van der Waals surface area contributed by atoms with Crippen LogP contribution in [0.2, 0.25) is 5.02 Å². The van der Waals surface area contributed by atoms with Crippen LogP contribution in [0.1, 0.15) is 24.3 Å². The zero-order valence-corrected chi connectivity index (χ0v) is 15.6. The molecule has 1 fully saturated rings. The lowest BCUT2D eigenvalue weighted by molar-refractivity contribution is 0.160. The lowest BCUT2D eigenvalue weighted by Gasteiger charge is -2.48. The van der Waals surface area contributed by atoms with Gasteiger partial charge in [-0.3, -0.25) is 4.90 Å². The van der Waals surface area contributed by atoms with Crippen LogP contribution in [0.15, 0.2) is 47.2 Å². The van der Waals surface area contributed by atoms with Crippen LogP contribution in [0, 0.1) is 45.3 Å². The second-order valence-corrected chi connectivity index (χ2v) is 7.86. The fourth-order valence-corrected chi connectivity index (χ4v) is 5.41. The summed E-state index contributed by atoms with van der Waals surface area (Å²) in [7, 11) is 2.06. The molecule has 4 atom stereocenters. The van der Waals surface area contributed by atoms with E-state index in [9.17, 15) is 15.8 Å². The Balaban J connectivity index is 2.08. The zero-order valence-electron chi connectivity index (χ0n) is 14.9. The monoisotopic (exact) mass is 375 g/mol. The van der Waals surface area contributed by atoms with Crippen molar-refractivity contribution in [3.05, 3.63) is 57.8 Å². The van der Waals surface area contributed by atoms with E-state index in [0.29, 0.717) is 5.02 Å². The maximum atomic E-state index is 10.1. The SMILES string of the molecule is CN1C2C=C3C(C#N)=C(N)C(C#N)(C#N)[C@@H](c4ccccc4Cl)[C@H]3[C@@H]1CC2. The van der Waals surface area contributed by atoms with Crippen LogP contribution in [0.4, 0.5) is 0 Å². The van der Waals surface area contributed by atoms with Gasteiger partial charge < -0.3 is 5.73 Å². The average Bonchev–Trinajstić information content (AvgIpc) is 2.91. The fourth-order valence-electron chi connectivity index (χ4n) is 5.16. The number of halogens is 1. The average molecular weight is 376 g/mol. The summed E-state index contributed by atoms with van der Waals surface area (Å²) in [6, 6.07) is 14.2. The van der Waals surface area contributed by atoms with Gasteiger partial charge in [0.15, 0.2) is 5.41 Å². The molecule has 5 nitrogen and oxygen atoms in total. The Kier molecular flexibility index (Phi) is 4.01. The molecule has 0 aromatic heterocycles. The summed E-state index contributed by atoms with van der Waals surface area (Å²) in [4.78, 5) is 2.29. The van der Waals surface area contributed by atoms with Crippen molar-refractivity contribution in [1.29, 1.82) is 15.8 Å². The molecule has 27 heavy (non-hydrogen) atoms. The van der Waals surface area contributed by atoms with Gasteiger partial charge in [0.05, 0.1) is 23.4 Å². The molecule has 0 spiro atoms. The minimum atomic E-state index is -1.63. The van der Waals surface area contributed by atoms with Crippen LogP contribution in [-0.2, 0) is 0 Å². The van der Waals surface area contributed by atoms with Gasteiger partial charge in [0, 0.05) is 28.9 Å². The molecule has 1 unspecified atom stereocenters. The Labute approximate surface area is 163 Å². The molecule has 1 saturated heterocycles. The summed E-state index contributed by atoms with van der Waals surface area (Å²) in [5.74, 6) is -0.717. The number of rotatable bonds is 1. The van der Waals surface area contributed by atoms with Gasteiger partial charge in [0.1, 0.15) is 6.07 Å². The maximum absolute atomic E-state index is 10.1. The zero-order chi connectivity index (χ0) is 19.3. The Morgan fingerprint density at radius 2 is 1.89 bits per heavy atom. The fraction of sp³-hybridized carbons (Fsp3) is 0.381. The first-order valence-electron chi connectivity index (χ1n) is 8.91. The van der Waals surface area contributed by atoms with Gasteiger partial charge in [-0.15, -0.1) is 0 Å². The van der Waals surface area contributed by atoms with Crippen LogP contribution in [0.3, 0.4) is 0 Å². The first-order chi connectivity index (χ1) is 13.0. The molecule has 4 rings (SSSR count). The van der Waals surface area contributed by atoms with Crippen molar-refractivity contribution in [3.63, 3.8) is 0 Å². The summed E-state index contributed by atoms with van der Waals surface area (Å²) in [5.41, 5.74) is 6.64. The van der Waals surface area contributed by atoms with Gasteiger partial charge in [0.2, 0.25) is 0 Å². The van der Waals surface area contributed by atoms with Crippen molar-refractivity contribution in [3.8, 4) is 18.2 Å². The Morgan fingerprint density at radius 3 is 2.52 bits per heavy atom. The molecular weight excluding hydrogens is 358 g/mol. The summed E-state index contributed by atoms with van der Waals surface area (Å²) in [6.45, 7) is 0. The van der Waals surface area contributed by atoms with Crippen LogP contribution in [-0.4, -0.2) is 24.0 Å². The number of benzene rings is 1. The largest absolute Gasteiger partial charge is 0.399 e. The van der Waals surface area contributed by atoms with Crippen LogP contribution in [0.5, 0.6) is 0 Å². The lowest BCUT2D eigenvalue weighted by atomic mass is 9.56. The van der Waals surface area contributed by atoms with E-state index >= 15 is 0 Å². The number of allylic oxidation sites excluding steroid dienone is 2. The van der Waals surface area contributed by atoms with E-state index in [1.807, 2.05) is 18.2 Å². The topological polar surface area (TPSA) is 101 Å². The van der Waals surface area contributed by atoms with E-state index in [1.165, 1.54) is 0 Å². The van der Waals surface area contributed by atoms with Gasteiger partial charge in [-0.2, -0.15) is 15.8 Å². The molecule has 2 heterocycles. The van der Waals surface area contributed by atoms with E-state index in [-0.39, 0.29) is 29.3 Å². The Hall–Kier alpha value is -2.78. The molecule has 0 saturated carbocycles. The predicted octanol–water partition coefficient (Wildman–Crippen LogP) is 3.23. The van der Waals surface area contributed by atoms with E-state index in [2.05, 4.69) is 36.2 Å². The third-order valence-electron chi connectivity index (χ3n) is 6.46. The number of nitrogens with two attached hydrogens (primary N) is 1.